The number of ether oxygens (including phenoxy) is 2. The van der Waals surface area contributed by atoms with Crippen LogP contribution in [0.1, 0.15) is 112 Å². The number of benzene rings is 1. The summed E-state index contributed by atoms with van der Waals surface area (Å²) in [5.74, 6) is -5.31. The Hall–Kier alpha value is -4.96. The summed E-state index contributed by atoms with van der Waals surface area (Å²) in [4.78, 5) is 112. The summed E-state index contributed by atoms with van der Waals surface area (Å²) >= 11 is 0. The van der Waals surface area contributed by atoms with Gasteiger partial charge in [0, 0.05) is 78.7 Å². The van der Waals surface area contributed by atoms with E-state index in [0.717, 1.165) is 5.56 Å². The van der Waals surface area contributed by atoms with Gasteiger partial charge in [-0.2, -0.15) is 0 Å². The SMILES string of the molecule is CC[C@H](C)[C@@H]([C@@H](CC(=O)N1CCC[C@H]1[C@H](OC)[C@@H](C)C(=O)N[C@@H](Cc1ccccc1)C(=O)O)OC)N(C)C(=O)[C@@H](CC(=O)[C@H](C(C)C)N(C)C(=O)CCCCCN1C(=O)C=CC1=O)C(C)C. The molecule has 0 radical (unpaired) electrons. The Balaban J connectivity index is 1.71. The van der Waals surface area contributed by atoms with Crippen LogP contribution in [0.25, 0.3) is 0 Å². The second-order valence-electron chi connectivity index (χ2n) is 18.9. The summed E-state index contributed by atoms with van der Waals surface area (Å²) in [6, 6.07) is 6.12. The summed E-state index contributed by atoms with van der Waals surface area (Å²) in [6.07, 6.45) is 4.82. The first-order valence-electron chi connectivity index (χ1n) is 23.7. The van der Waals surface area contributed by atoms with Crippen molar-refractivity contribution in [3.8, 4) is 0 Å². The Bertz CT molecular complexity index is 1840. The number of rotatable bonds is 28. The number of nitrogens with zero attached hydrogens (tertiary/aromatic N) is 4. The molecule has 1 saturated heterocycles. The Labute approximate surface area is 392 Å². The maximum absolute atomic E-state index is 14.6. The fourth-order valence-electron chi connectivity index (χ4n) is 9.61. The average Bonchev–Trinajstić information content (AvgIpc) is 3.89. The Morgan fingerprint density at radius 2 is 1.48 bits per heavy atom. The molecule has 2 heterocycles. The zero-order valence-electron chi connectivity index (χ0n) is 41.2. The number of ketones is 1. The molecule has 3 rings (SSSR count). The molecule has 1 aromatic rings. The number of carbonyl (C=O) groups is 8. The van der Waals surface area contributed by atoms with Gasteiger partial charge in [-0.05, 0) is 49.0 Å². The number of carbonyl (C=O) groups excluding carboxylic acids is 7. The summed E-state index contributed by atoms with van der Waals surface area (Å²) in [6.45, 7) is 13.9. The van der Waals surface area contributed by atoms with Gasteiger partial charge in [-0.25, -0.2) is 4.79 Å². The molecule has 0 aromatic heterocycles. The number of nitrogens with one attached hydrogen (secondary N) is 1. The lowest BCUT2D eigenvalue weighted by Gasteiger charge is -2.41. The summed E-state index contributed by atoms with van der Waals surface area (Å²) < 4.78 is 11.9. The van der Waals surface area contributed by atoms with E-state index in [4.69, 9.17) is 9.47 Å². The monoisotopic (exact) mass is 924 g/mol. The average molecular weight is 924 g/mol. The molecule has 2 N–H and O–H groups in total. The van der Waals surface area contributed by atoms with Crippen molar-refractivity contribution in [3.63, 3.8) is 0 Å². The number of aliphatic carboxylic acids is 1. The van der Waals surface area contributed by atoms with Crippen LogP contribution in [0.2, 0.25) is 0 Å². The standard InChI is InChI=1S/C50H77N5O11/c1-12-33(6)46(40(65-10)30-44(60)54-27-19-22-38(54)47(66-11)34(7)48(61)51-37(50(63)64)28-35-20-15-13-16-21-35)53(9)49(62)36(31(2)3)29-39(56)45(32(4)5)52(8)41(57)23-17-14-18-26-55-42(58)24-25-43(55)59/h13,15-16,20-21,24-25,31-34,36-38,40,45-47H,12,14,17-19,22-23,26-30H2,1-11H3,(H,51,61)(H,63,64)/t33-,34+,36-,37-,38-,40+,45-,46-,47+/m0/s1. The van der Waals surface area contributed by atoms with Gasteiger partial charge < -0.3 is 34.6 Å². The van der Waals surface area contributed by atoms with Gasteiger partial charge in [0.15, 0.2) is 5.78 Å². The highest BCUT2D eigenvalue weighted by molar-refractivity contribution is 6.12. The lowest BCUT2D eigenvalue weighted by atomic mass is 9.83. The number of carboxylic acid groups (broad SMARTS) is 1. The lowest BCUT2D eigenvalue weighted by Crippen LogP contribution is -2.55. The van der Waals surface area contributed by atoms with E-state index in [-0.39, 0.29) is 85.3 Å². The molecular weight excluding hydrogens is 847 g/mol. The minimum atomic E-state index is -1.16. The van der Waals surface area contributed by atoms with Gasteiger partial charge in [-0.3, -0.25) is 38.5 Å². The number of likely N-dealkylation sites (N-methyl/N-ethyl adjacent to an activating group) is 2. The third-order valence-corrected chi connectivity index (χ3v) is 13.6. The van der Waals surface area contributed by atoms with Crippen LogP contribution < -0.4 is 5.32 Å². The van der Waals surface area contributed by atoms with Gasteiger partial charge in [0.05, 0.1) is 42.7 Å². The highest BCUT2D eigenvalue weighted by atomic mass is 16.5. The molecule has 9 atom stereocenters. The van der Waals surface area contributed by atoms with Gasteiger partial charge in [-0.1, -0.05) is 91.6 Å². The first kappa shape index (κ1) is 55.4. The number of hydrogen-bond acceptors (Lipinski definition) is 10. The highest BCUT2D eigenvalue weighted by Gasteiger charge is 2.44. The van der Waals surface area contributed by atoms with Crippen molar-refractivity contribution in [1.82, 2.24) is 24.9 Å². The molecule has 0 spiro atoms. The summed E-state index contributed by atoms with van der Waals surface area (Å²) in [5.41, 5.74) is 0.766. The third kappa shape index (κ3) is 14.8. The van der Waals surface area contributed by atoms with Gasteiger partial charge in [0.2, 0.25) is 23.6 Å². The van der Waals surface area contributed by atoms with Crippen molar-refractivity contribution < 1.29 is 52.9 Å². The van der Waals surface area contributed by atoms with Crippen LogP contribution in [0, 0.1) is 29.6 Å². The van der Waals surface area contributed by atoms with Crippen LogP contribution in [0.15, 0.2) is 42.5 Å². The zero-order valence-corrected chi connectivity index (χ0v) is 41.2. The van der Waals surface area contributed by atoms with E-state index in [1.165, 1.54) is 36.2 Å². The minimum absolute atomic E-state index is 0.0614. The van der Waals surface area contributed by atoms with Gasteiger partial charge in [0.1, 0.15) is 6.04 Å². The molecule has 2 aliphatic heterocycles. The Kier molecular flexibility index (Phi) is 22.1. The minimum Gasteiger partial charge on any atom is -0.480 e. The number of Topliss-reactive ketones (excluding diaryl/α,β-unsaturated/α-hetero) is 1. The summed E-state index contributed by atoms with van der Waals surface area (Å²) in [7, 11) is 6.31. The van der Waals surface area contributed by atoms with Crippen LogP contribution in [0.3, 0.4) is 0 Å². The van der Waals surface area contributed by atoms with Crippen LogP contribution in [0.4, 0.5) is 0 Å². The molecule has 0 unspecified atom stereocenters. The molecule has 1 aromatic carbocycles. The first-order valence-corrected chi connectivity index (χ1v) is 23.7. The molecule has 1 fully saturated rings. The molecule has 0 aliphatic carbocycles. The predicted molar refractivity (Wildman–Crippen MR) is 250 cm³/mol. The maximum Gasteiger partial charge on any atom is 0.326 e. The molecule has 6 amide bonds. The smallest absolute Gasteiger partial charge is 0.326 e. The van der Waals surface area contributed by atoms with Crippen molar-refractivity contribution in [3.05, 3.63) is 48.0 Å². The first-order chi connectivity index (χ1) is 31.2. The van der Waals surface area contributed by atoms with Gasteiger partial charge in [-0.15, -0.1) is 0 Å². The fourth-order valence-corrected chi connectivity index (χ4v) is 9.61. The van der Waals surface area contributed by atoms with Crippen molar-refractivity contribution in [2.24, 2.45) is 29.6 Å². The number of carboxylic acids is 1. The second-order valence-corrected chi connectivity index (χ2v) is 18.9. The normalized spacial score (nSPS) is 18.7. The number of hydrogen-bond donors (Lipinski definition) is 2. The Morgan fingerprint density at radius 3 is 2.03 bits per heavy atom. The molecule has 16 nitrogen and oxygen atoms in total. The number of methoxy groups -OCH3 is 2. The lowest BCUT2D eigenvalue weighted by molar-refractivity contribution is -0.150. The number of likely N-dealkylation sites (tertiary alicyclic amines) is 1. The Morgan fingerprint density at radius 1 is 0.848 bits per heavy atom. The van der Waals surface area contributed by atoms with E-state index < -0.39 is 60.1 Å². The van der Waals surface area contributed by atoms with Gasteiger partial charge >= 0.3 is 5.97 Å². The zero-order chi connectivity index (χ0) is 49.4. The van der Waals surface area contributed by atoms with E-state index in [0.29, 0.717) is 45.1 Å². The third-order valence-electron chi connectivity index (χ3n) is 13.6. The molecular formula is C50H77N5O11. The van der Waals surface area contributed by atoms with Crippen LogP contribution in [0.5, 0.6) is 0 Å². The van der Waals surface area contributed by atoms with E-state index >= 15 is 0 Å². The molecule has 0 bridgehead atoms. The number of unbranched alkanes of at least 4 members (excludes halogenated alkanes) is 2. The molecule has 16 heteroatoms. The van der Waals surface area contributed by atoms with Crippen LogP contribution in [-0.4, -0.2) is 150 Å². The second kappa shape index (κ2) is 26.4. The largest absolute Gasteiger partial charge is 0.480 e. The quantitative estimate of drug-likeness (QED) is 0.0855. The predicted octanol–water partition coefficient (Wildman–Crippen LogP) is 4.92. The van der Waals surface area contributed by atoms with Crippen molar-refractivity contribution >= 4 is 47.2 Å². The van der Waals surface area contributed by atoms with E-state index in [1.807, 2.05) is 47.6 Å². The fraction of sp³-hybridized carbons (Fsp3) is 0.680. The molecule has 368 valence electrons. The summed E-state index contributed by atoms with van der Waals surface area (Å²) in [5, 5.41) is 12.6. The van der Waals surface area contributed by atoms with Crippen molar-refractivity contribution in [2.75, 3.05) is 41.4 Å². The van der Waals surface area contributed by atoms with Crippen LogP contribution >= 0.6 is 0 Å². The molecule has 0 saturated carbocycles. The van der Waals surface area contributed by atoms with E-state index in [2.05, 4.69) is 5.32 Å². The van der Waals surface area contributed by atoms with Crippen molar-refractivity contribution in [1.29, 1.82) is 0 Å². The molecule has 2 aliphatic rings. The number of imide groups is 1. The van der Waals surface area contributed by atoms with E-state index in [9.17, 15) is 43.5 Å². The van der Waals surface area contributed by atoms with Crippen LogP contribution in [-0.2, 0) is 54.3 Å². The molecule has 66 heavy (non-hydrogen) atoms. The van der Waals surface area contributed by atoms with E-state index in [1.54, 1.807) is 55.1 Å². The van der Waals surface area contributed by atoms with Crippen molar-refractivity contribution in [2.45, 2.75) is 149 Å². The highest BCUT2D eigenvalue weighted by Crippen LogP contribution is 2.31. The maximum atomic E-state index is 14.6. The van der Waals surface area contributed by atoms with Gasteiger partial charge in [0.25, 0.3) is 11.8 Å². The number of amides is 6. The topological polar surface area (TPSA) is 200 Å².